The van der Waals surface area contributed by atoms with Crippen LogP contribution in [0.4, 0.5) is 4.39 Å². The second kappa shape index (κ2) is 7.86. The van der Waals surface area contributed by atoms with Crippen LogP contribution in [0.25, 0.3) is 11.4 Å². The van der Waals surface area contributed by atoms with Gasteiger partial charge in [0.2, 0.25) is 11.7 Å². The number of carbonyl (C=O) groups excluding carboxylic acids is 1. The van der Waals surface area contributed by atoms with Crippen LogP contribution in [0.3, 0.4) is 0 Å². The van der Waals surface area contributed by atoms with Crippen molar-refractivity contribution in [2.24, 2.45) is 0 Å². The first-order valence-electron chi connectivity index (χ1n) is 8.43. The van der Waals surface area contributed by atoms with Crippen molar-refractivity contribution in [1.29, 1.82) is 0 Å². The third-order valence-corrected chi connectivity index (χ3v) is 4.26. The van der Waals surface area contributed by atoms with E-state index in [0.717, 1.165) is 11.1 Å². The molecule has 6 nitrogen and oxygen atoms in total. The van der Waals surface area contributed by atoms with Crippen LogP contribution in [0.2, 0.25) is 0 Å². The highest BCUT2D eigenvalue weighted by molar-refractivity contribution is 5.76. The summed E-state index contributed by atoms with van der Waals surface area (Å²) in [6.45, 7) is 1.98. The molecule has 134 valence electrons. The Labute approximate surface area is 151 Å². The molecular formula is C19H20FN5O. The molecule has 0 radical (unpaired) electrons. The van der Waals surface area contributed by atoms with Gasteiger partial charge in [-0.2, -0.15) is 4.80 Å². The smallest absolute Gasteiger partial charge is 0.246 e. The van der Waals surface area contributed by atoms with Crippen LogP contribution >= 0.6 is 0 Å². The Morgan fingerprint density at radius 1 is 1.15 bits per heavy atom. The topological polar surface area (TPSA) is 63.9 Å². The van der Waals surface area contributed by atoms with Gasteiger partial charge in [-0.1, -0.05) is 49.4 Å². The van der Waals surface area contributed by atoms with Gasteiger partial charge >= 0.3 is 0 Å². The van der Waals surface area contributed by atoms with Crippen LogP contribution < -0.4 is 0 Å². The van der Waals surface area contributed by atoms with Crippen LogP contribution in [0, 0.1) is 5.82 Å². The highest BCUT2D eigenvalue weighted by Gasteiger charge is 2.21. The van der Waals surface area contributed by atoms with E-state index < -0.39 is 0 Å². The van der Waals surface area contributed by atoms with Crippen LogP contribution in [-0.4, -0.2) is 38.1 Å². The molecule has 0 aliphatic heterocycles. The average molecular weight is 353 g/mol. The Kier molecular flexibility index (Phi) is 5.36. The number of benzene rings is 2. The van der Waals surface area contributed by atoms with Gasteiger partial charge in [-0.25, -0.2) is 4.39 Å². The quantitative estimate of drug-likeness (QED) is 0.683. The number of tetrazole rings is 1. The number of likely N-dealkylation sites (N-methyl/N-ethyl adjacent to an activating group) is 1. The lowest BCUT2D eigenvalue weighted by Crippen LogP contribution is -2.34. The van der Waals surface area contributed by atoms with Crippen molar-refractivity contribution in [3.63, 3.8) is 0 Å². The lowest BCUT2D eigenvalue weighted by atomic mass is 10.0. The second-order valence-corrected chi connectivity index (χ2v) is 5.99. The van der Waals surface area contributed by atoms with Gasteiger partial charge in [0.15, 0.2) is 0 Å². The summed E-state index contributed by atoms with van der Waals surface area (Å²) < 4.78 is 13.1. The van der Waals surface area contributed by atoms with Crippen molar-refractivity contribution in [1.82, 2.24) is 25.1 Å². The van der Waals surface area contributed by atoms with Gasteiger partial charge in [-0.15, -0.1) is 10.2 Å². The van der Waals surface area contributed by atoms with E-state index in [1.54, 1.807) is 24.1 Å². The van der Waals surface area contributed by atoms with Gasteiger partial charge in [0.1, 0.15) is 12.4 Å². The minimum Gasteiger partial charge on any atom is -0.337 e. The monoisotopic (exact) mass is 353 g/mol. The predicted octanol–water partition coefficient (Wildman–Crippen LogP) is 3.09. The van der Waals surface area contributed by atoms with E-state index in [1.807, 2.05) is 37.3 Å². The van der Waals surface area contributed by atoms with Crippen molar-refractivity contribution >= 4 is 5.91 Å². The maximum absolute atomic E-state index is 13.1. The fraction of sp³-hybridized carbons (Fsp3) is 0.263. The number of hydrogen-bond acceptors (Lipinski definition) is 4. The van der Waals surface area contributed by atoms with Gasteiger partial charge < -0.3 is 4.90 Å². The Morgan fingerprint density at radius 2 is 1.85 bits per heavy atom. The average Bonchev–Trinajstić information content (AvgIpc) is 3.13. The fourth-order valence-corrected chi connectivity index (χ4v) is 2.84. The molecule has 0 aliphatic carbocycles. The SMILES string of the molecule is CCC(c1ccc(F)cc1)N(C)C(=O)Cn1nnc(-c2ccccc2)n1. The summed E-state index contributed by atoms with van der Waals surface area (Å²) in [5, 5.41) is 12.2. The summed E-state index contributed by atoms with van der Waals surface area (Å²) in [6, 6.07) is 15.5. The first-order chi connectivity index (χ1) is 12.6. The molecule has 7 heteroatoms. The molecule has 0 spiro atoms. The normalized spacial score (nSPS) is 12.0. The fourth-order valence-electron chi connectivity index (χ4n) is 2.84. The number of amides is 1. The first-order valence-corrected chi connectivity index (χ1v) is 8.43. The number of aromatic nitrogens is 4. The molecule has 0 aliphatic rings. The van der Waals surface area contributed by atoms with E-state index in [9.17, 15) is 9.18 Å². The molecule has 0 fully saturated rings. The van der Waals surface area contributed by atoms with E-state index >= 15 is 0 Å². The number of rotatable bonds is 6. The van der Waals surface area contributed by atoms with Crippen molar-refractivity contribution < 1.29 is 9.18 Å². The molecule has 1 atom stereocenters. The molecule has 3 rings (SSSR count). The number of nitrogens with zero attached hydrogens (tertiary/aromatic N) is 5. The van der Waals surface area contributed by atoms with Crippen LogP contribution in [0.5, 0.6) is 0 Å². The lowest BCUT2D eigenvalue weighted by Gasteiger charge is -2.27. The maximum Gasteiger partial charge on any atom is 0.246 e. The van der Waals surface area contributed by atoms with Crippen molar-refractivity contribution in [2.45, 2.75) is 25.9 Å². The summed E-state index contributed by atoms with van der Waals surface area (Å²) in [5.41, 5.74) is 1.73. The molecule has 0 N–H and O–H groups in total. The molecule has 3 aromatic rings. The Bertz CT molecular complexity index is 863. The third-order valence-electron chi connectivity index (χ3n) is 4.26. The molecule has 1 aromatic heterocycles. The maximum atomic E-state index is 13.1. The standard InChI is InChI=1S/C19H20FN5O/c1-3-17(14-9-11-16(20)12-10-14)24(2)18(26)13-25-22-19(21-23-25)15-7-5-4-6-8-15/h4-12,17H,3,13H2,1-2H3. The van der Waals surface area contributed by atoms with Crippen molar-refractivity contribution in [3.05, 3.63) is 66.0 Å². The zero-order valence-electron chi connectivity index (χ0n) is 14.7. The molecular weight excluding hydrogens is 333 g/mol. The number of hydrogen-bond donors (Lipinski definition) is 0. The van der Waals surface area contributed by atoms with E-state index in [4.69, 9.17) is 0 Å². The van der Waals surface area contributed by atoms with E-state index in [2.05, 4.69) is 15.4 Å². The van der Waals surface area contributed by atoms with Crippen molar-refractivity contribution in [3.8, 4) is 11.4 Å². The first kappa shape index (κ1) is 17.7. The zero-order chi connectivity index (χ0) is 18.5. The summed E-state index contributed by atoms with van der Waals surface area (Å²) in [7, 11) is 1.73. The lowest BCUT2D eigenvalue weighted by molar-refractivity contribution is -0.133. The minimum absolute atomic E-state index is 0.00592. The van der Waals surface area contributed by atoms with Crippen molar-refractivity contribution in [2.75, 3.05) is 7.05 Å². The molecule has 0 saturated heterocycles. The highest BCUT2D eigenvalue weighted by atomic mass is 19.1. The summed E-state index contributed by atoms with van der Waals surface area (Å²) in [4.78, 5) is 15.5. The van der Waals surface area contributed by atoms with Crippen LogP contribution in [0.15, 0.2) is 54.6 Å². The molecule has 1 unspecified atom stereocenters. The molecule has 0 bridgehead atoms. The summed E-state index contributed by atoms with van der Waals surface area (Å²) >= 11 is 0. The van der Waals surface area contributed by atoms with Gasteiger partial charge in [0, 0.05) is 12.6 Å². The Balaban J connectivity index is 1.70. The third kappa shape index (κ3) is 3.93. The number of halogens is 1. The molecule has 1 heterocycles. The van der Waals surface area contributed by atoms with E-state index in [0.29, 0.717) is 12.2 Å². The second-order valence-electron chi connectivity index (χ2n) is 5.99. The molecule has 26 heavy (non-hydrogen) atoms. The Hall–Kier alpha value is -3.09. The van der Waals surface area contributed by atoms with E-state index in [1.165, 1.54) is 16.9 Å². The predicted molar refractivity (Wildman–Crippen MR) is 95.5 cm³/mol. The highest BCUT2D eigenvalue weighted by Crippen LogP contribution is 2.23. The zero-order valence-corrected chi connectivity index (χ0v) is 14.7. The van der Waals surface area contributed by atoms with Gasteiger partial charge in [-0.3, -0.25) is 4.79 Å². The van der Waals surface area contributed by atoms with Crippen LogP contribution in [0.1, 0.15) is 24.9 Å². The summed E-state index contributed by atoms with van der Waals surface area (Å²) in [5.74, 6) is 0.0441. The van der Waals surface area contributed by atoms with Gasteiger partial charge in [0.25, 0.3) is 0 Å². The van der Waals surface area contributed by atoms with Gasteiger partial charge in [-0.05, 0) is 29.3 Å². The molecule has 2 aromatic carbocycles. The summed E-state index contributed by atoms with van der Waals surface area (Å²) in [6.07, 6.45) is 0.716. The van der Waals surface area contributed by atoms with Gasteiger partial charge in [0.05, 0.1) is 6.04 Å². The van der Waals surface area contributed by atoms with E-state index in [-0.39, 0.29) is 24.3 Å². The van der Waals surface area contributed by atoms with Crippen LogP contribution in [-0.2, 0) is 11.3 Å². The minimum atomic E-state index is -0.294. The number of carbonyl (C=O) groups is 1. The Morgan fingerprint density at radius 3 is 2.50 bits per heavy atom. The molecule has 1 amide bonds. The molecule has 0 saturated carbocycles. The largest absolute Gasteiger partial charge is 0.337 e.